The van der Waals surface area contributed by atoms with Crippen molar-refractivity contribution in [2.24, 2.45) is 0 Å². The van der Waals surface area contributed by atoms with Crippen LogP contribution in [0, 0.1) is 0 Å². The van der Waals surface area contributed by atoms with Gasteiger partial charge in [0.2, 0.25) is 0 Å². The van der Waals surface area contributed by atoms with Crippen LogP contribution in [0.4, 0.5) is 0 Å². The molecule has 1 heteroatoms. The molecule has 0 aliphatic rings. The van der Waals surface area contributed by atoms with Gasteiger partial charge >= 0.3 is 63.6 Å². The Balaban J connectivity index is 2.85. The van der Waals surface area contributed by atoms with E-state index in [1.807, 2.05) is 0 Å². The molecule has 0 unspecified atom stereocenters. The molecule has 0 spiro atoms. The summed E-state index contributed by atoms with van der Waals surface area (Å²) in [6.07, 6.45) is 0. The van der Waals surface area contributed by atoms with Gasteiger partial charge in [0.1, 0.15) is 0 Å². The van der Waals surface area contributed by atoms with Crippen molar-refractivity contribution in [2.75, 3.05) is 0 Å². The fourth-order valence-corrected chi connectivity index (χ4v) is 3.67. The van der Waals surface area contributed by atoms with E-state index in [1.165, 1.54) is 0 Å². The third kappa shape index (κ3) is 2.01. The van der Waals surface area contributed by atoms with E-state index in [2.05, 4.69) is 40.2 Å². The summed E-state index contributed by atoms with van der Waals surface area (Å²) < 4.78 is 1.62. The second-order valence-corrected chi connectivity index (χ2v) is 11.1. The third-order valence-corrected chi connectivity index (χ3v) is 6.37. The molecule has 48 valence electrons. The van der Waals surface area contributed by atoms with Crippen LogP contribution in [0.15, 0.2) is 30.3 Å². The molecule has 0 amide bonds. The zero-order valence-electron chi connectivity index (χ0n) is 5.96. The van der Waals surface area contributed by atoms with E-state index < -0.39 is 19.8 Å². The van der Waals surface area contributed by atoms with Gasteiger partial charge in [-0.15, -0.1) is 0 Å². The fraction of sp³-hybridized carbons (Fsp3) is 0.250. The van der Waals surface area contributed by atoms with Crippen molar-refractivity contribution >= 4 is 23.3 Å². The zero-order valence-corrected chi connectivity index (χ0v) is 9.26. The summed E-state index contributed by atoms with van der Waals surface area (Å²) in [4.78, 5) is 4.83. The van der Waals surface area contributed by atoms with Crippen LogP contribution in [-0.4, -0.2) is 19.8 Å². The molecule has 0 bridgehead atoms. The van der Waals surface area contributed by atoms with Crippen LogP contribution in [0.5, 0.6) is 0 Å². The van der Waals surface area contributed by atoms with Crippen LogP contribution in [0.1, 0.15) is 0 Å². The van der Waals surface area contributed by atoms with Crippen LogP contribution in [0.25, 0.3) is 0 Å². The van der Waals surface area contributed by atoms with Crippen LogP contribution >= 0.6 is 0 Å². The van der Waals surface area contributed by atoms with E-state index >= 15 is 0 Å². The summed E-state index contributed by atoms with van der Waals surface area (Å²) in [7, 11) is 0. The molecule has 0 aliphatic heterocycles. The Kier molecular flexibility index (Phi) is 2.58. The first-order chi connectivity index (χ1) is 4.30. The van der Waals surface area contributed by atoms with Crippen molar-refractivity contribution in [3.05, 3.63) is 30.3 Å². The van der Waals surface area contributed by atoms with Crippen molar-refractivity contribution in [2.45, 2.75) is 9.88 Å². The van der Waals surface area contributed by atoms with E-state index in [9.17, 15) is 0 Å². The molecule has 0 aliphatic carbocycles. The van der Waals surface area contributed by atoms with Crippen molar-refractivity contribution in [1.29, 1.82) is 0 Å². The molecule has 1 aromatic rings. The number of benzene rings is 1. The van der Waals surface area contributed by atoms with Gasteiger partial charge in [-0.3, -0.25) is 0 Å². The molecule has 1 aromatic carbocycles. The van der Waals surface area contributed by atoms with E-state index in [-0.39, 0.29) is 0 Å². The van der Waals surface area contributed by atoms with Gasteiger partial charge in [-0.05, 0) is 0 Å². The molecule has 0 N–H and O–H groups in total. The summed E-state index contributed by atoms with van der Waals surface area (Å²) in [5.74, 6) is 0. The van der Waals surface area contributed by atoms with Gasteiger partial charge in [-0.25, -0.2) is 0 Å². The maximum absolute atomic E-state index is 2.41. The predicted molar refractivity (Wildman–Crippen MR) is 45.0 cm³/mol. The Morgan fingerprint density at radius 3 is 1.89 bits per heavy atom. The molecule has 0 saturated carbocycles. The van der Waals surface area contributed by atoms with Gasteiger partial charge in [-0.1, -0.05) is 0 Å². The van der Waals surface area contributed by atoms with Crippen molar-refractivity contribution in [1.82, 2.24) is 0 Å². The monoisotopic (exact) mass is 228 g/mol. The molecule has 9 heavy (non-hydrogen) atoms. The van der Waals surface area contributed by atoms with Gasteiger partial charge in [0.15, 0.2) is 0 Å². The first-order valence-electron chi connectivity index (χ1n) is 3.35. The Labute approximate surface area is 63.6 Å². The topological polar surface area (TPSA) is 0 Å². The summed E-state index contributed by atoms with van der Waals surface area (Å²) in [5.41, 5.74) is 0. The SMILES string of the molecule is [CH3][SnH]([CH3])[c]1ccccc1. The molecule has 0 radical (unpaired) electrons. The van der Waals surface area contributed by atoms with E-state index in [0.717, 1.165) is 0 Å². The molecule has 0 saturated heterocycles. The Morgan fingerprint density at radius 2 is 1.56 bits per heavy atom. The third-order valence-electron chi connectivity index (χ3n) is 1.47. The van der Waals surface area contributed by atoms with Crippen LogP contribution in [-0.2, 0) is 0 Å². The molecule has 0 nitrogen and oxygen atoms in total. The summed E-state index contributed by atoms with van der Waals surface area (Å²) in [6, 6.07) is 10.8. The Morgan fingerprint density at radius 1 is 1.00 bits per heavy atom. The summed E-state index contributed by atoms with van der Waals surface area (Å²) >= 11 is -1.14. The Hall–Kier alpha value is 0.0187. The van der Waals surface area contributed by atoms with Crippen molar-refractivity contribution < 1.29 is 0 Å². The molecule has 0 aromatic heterocycles. The summed E-state index contributed by atoms with van der Waals surface area (Å²) in [5, 5.41) is 0. The van der Waals surface area contributed by atoms with Crippen molar-refractivity contribution in [3.63, 3.8) is 0 Å². The molecule has 0 atom stereocenters. The minimum absolute atomic E-state index is 1.14. The average Bonchev–Trinajstić information content (AvgIpc) is 1.90. The van der Waals surface area contributed by atoms with Gasteiger partial charge in [0.05, 0.1) is 0 Å². The second kappa shape index (κ2) is 3.25. The van der Waals surface area contributed by atoms with E-state index in [4.69, 9.17) is 0 Å². The van der Waals surface area contributed by atoms with Crippen molar-refractivity contribution in [3.8, 4) is 0 Å². The molecular weight excluding hydrogens is 215 g/mol. The Bertz CT molecular complexity index is 167. The van der Waals surface area contributed by atoms with Gasteiger partial charge in [0.25, 0.3) is 0 Å². The standard InChI is InChI=1S/C6H5.2CH3.Sn.H/c1-2-4-6-5-3-1;;;;/h1-5H;2*1H3;;. The number of rotatable bonds is 1. The zero-order chi connectivity index (χ0) is 6.69. The number of hydrogen-bond acceptors (Lipinski definition) is 0. The molecule has 1 rings (SSSR count). The molecule has 0 heterocycles. The van der Waals surface area contributed by atoms with Crippen LogP contribution in [0.3, 0.4) is 0 Å². The maximum atomic E-state index is 2.41. The normalized spacial score (nSPS) is 10.1. The fourth-order valence-electron chi connectivity index (χ4n) is 0.838. The molecule has 0 fully saturated rings. The van der Waals surface area contributed by atoms with Crippen LogP contribution < -0.4 is 3.58 Å². The number of hydrogen-bond donors (Lipinski definition) is 0. The van der Waals surface area contributed by atoms with Gasteiger partial charge in [0, 0.05) is 0 Å². The average molecular weight is 227 g/mol. The first-order valence-corrected chi connectivity index (χ1v) is 11.6. The van der Waals surface area contributed by atoms with Gasteiger partial charge < -0.3 is 0 Å². The first kappa shape index (κ1) is 7.13. The second-order valence-electron chi connectivity index (χ2n) is 2.57. The molecular formula is C8H12Sn. The summed E-state index contributed by atoms with van der Waals surface area (Å²) in [6.45, 7) is 0. The predicted octanol–water partition coefficient (Wildman–Crippen LogP) is 1.38. The van der Waals surface area contributed by atoms with E-state index in [1.54, 1.807) is 3.58 Å². The van der Waals surface area contributed by atoms with Crippen LogP contribution in [0.2, 0.25) is 9.88 Å². The quantitative estimate of drug-likeness (QED) is 0.635. The van der Waals surface area contributed by atoms with Gasteiger partial charge in [-0.2, -0.15) is 0 Å². The van der Waals surface area contributed by atoms with E-state index in [0.29, 0.717) is 0 Å². The minimum atomic E-state index is -1.14.